The van der Waals surface area contributed by atoms with Crippen LogP contribution in [-0.2, 0) is 16.1 Å². The Balaban J connectivity index is 1.97. The van der Waals surface area contributed by atoms with Crippen molar-refractivity contribution in [3.8, 4) is 0 Å². The number of aryl methyl sites for hydroxylation is 2. The van der Waals surface area contributed by atoms with Crippen molar-refractivity contribution in [1.82, 2.24) is 14.3 Å². The lowest BCUT2D eigenvalue weighted by molar-refractivity contribution is -0.143. The lowest BCUT2D eigenvalue weighted by atomic mass is 10.2. The van der Waals surface area contributed by atoms with Gasteiger partial charge < -0.3 is 9.64 Å². The number of ether oxygens (including phenoxy) is 1. The van der Waals surface area contributed by atoms with E-state index in [-0.39, 0.29) is 19.1 Å². The summed E-state index contributed by atoms with van der Waals surface area (Å²) in [4.78, 5) is 31.4. The van der Waals surface area contributed by atoms with Crippen LogP contribution in [0.15, 0.2) is 48.7 Å². The highest BCUT2D eigenvalue weighted by Gasteiger charge is 2.25. The molecule has 0 aliphatic rings. The van der Waals surface area contributed by atoms with Gasteiger partial charge in [0.15, 0.2) is 0 Å². The highest BCUT2D eigenvalue weighted by molar-refractivity contribution is 5.96. The van der Waals surface area contributed by atoms with E-state index in [1.54, 1.807) is 18.2 Å². The molecule has 140 valence electrons. The van der Waals surface area contributed by atoms with Gasteiger partial charge in [-0.3, -0.25) is 14.0 Å². The third-order valence-electron chi connectivity index (χ3n) is 4.29. The van der Waals surface area contributed by atoms with Crippen LogP contribution in [-0.4, -0.2) is 39.3 Å². The Labute approximate surface area is 158 Å². The first-order valence-electron chi connectivity index (χ1n) is 8.93. The minimum atomic E-state index is -0.427. The summed E-state index contributed by atoms with van der Waals surface area (Å²) in [5.41, 5.74) is 3.82. The molecular weight excluding hydrogens is 342 g/mol. The van der Waals surface area contributed by atoms with E-state index in [0.717, 1.165) is 11.1 Å². The second-order valence-electron chi connectivity index (χ2n) is 6.43. The lowest BCUT2D eigenvalue weighted by Gasteiger charge is -2.22. The standard InChI is InChI=1S/C21H23N3O3/c1-4-27-19(25)14-23(13-17-8-6-5-7-9-17)21(26)20-16(3)22-18-12-15(2)10-11-24(18)20/h5-12H,4,13-14H2,1-3H3. The van der Waals surface area contributed by atoms with E-state index in [4.69, 9.17) is 4.74 Å². The van der Waals surface area contributed by atoms with Crippen LogP contribution >= 0.6 is 0 Å². The number of benzene rings is 1. The summed E-state index contributed by atoms with van der Waals surface area (Å²) in [7, 11) is 0. The lowest BCUT2D eigenvalue weighted by Crippen LogP contribution is -2.37. The van der Waals surface area contributed by atoms with Gasteiger partial charge in [0.25, 0.3) is 5.91 Å². The first kappa shape index (κ1) is 18.6. The molecule has 0 bridgehead atoms. The fourth-order valence-electron chi connectivity index (χ4n) is 3.04. The zero-order valence-corrected chi connectivity index (χ0v) is 15.8. The molecule has 3 rings (SSSR count). The van der Waals surface area contributed by atoms with Crippen LogP contribution in [0.25, 0.3) is 5.65 Å². The molecule has 0 saturated heterocycles. The van der Waals surface area contributed by atoms with Crippen molar-refractivity contribution in [1.29, 1.82) is 0 Å². The molecule has 2 aromatic heterocycles. The number of hydrogen-bond acceptors (Lipinski definition) is 4. The van der Waals surface area contributed by atoms with Gasteiger partial charge in [-0.2, -0.15) is 0 Å². The van der Waals surface area contributed by atoms with Crippen LogP contribution in [0.2, 0.25) is 0 Å². The molecule has 6 nitrogen and oxygen atoms in total. The second-order valence-corrected chi connectivity index (χ2v) is 6.43. The maximum Gasteiger partial charge on any atom is 0.325 e. The van der Waals surface area contributed by atoms with Crippen LogP contribution in [0.1, 0.15) is 34.2 Å². The Morgan fingerprint density at radius 1 is 1.15 bits per heavy atom. The number of hydrogen-bond donors (Lipinski definition) is 0. The van der Waals surface area contributed by atoms with Gasteiger partial charge in [0.05, 0.1) is 12.3 Å². The minimum absolute atomic E-state index is 0.111. The van der Waals surface area contributed by atoms with E-state index < -0.39 is 5.97 Å². The number of amides is 1. The summed E-state index contributed by atoms with van der Waals surface area (Å²) in [6.45, 7) is 6.02. The molecule has 0 aliphatic carbocycles. The van der Waals surface area contributed by atoms with Gasteiger partial charge in [-0.1, -0.05) is 30.3 Å². The minimum Gasteiger partial charge on any atom is -0.465 e. The van der Waals surface area contributed by atoms with Crippen LogP contribution in [0.5, 0.6) is 0 Å². The number of rotatable bonds is 6. The molecule has 0 spiro atoms. The number of fused-ring (bicyclic) bond motifs is 1. The van der Waals surface area contributed by atoms with Crippen molar-refractivity contribution < 1.29 is 14.3 Å². The van der Waals surface area contributed by atoms with Crippen molar-refractivity contribution in [2.75, 3.05) is 13.2 Å². The molecule has 0 saturated carbocycles. The van der Waals surface area contributed by atoms with E-state index in [0.29, 0.717) is 23.6 Å². The van der Waals surface area contributed by atoms with E-state index in [2.05, 4.69) is 4.98 Å². The van der Waals surface area contributed by atoms with Gasteiger partial charge in [-0.15, -0.1) is 0 Å². The number of pyridine rings is 1. The van der Waals surface area contributed by atoms with E-state index >= 15 is 0 Å². The first-order chi connectivity index (χ1) is 13.0. The Morgan fingerprint density at radius 2 is 1.89 bits per heavy atom. The molecule has 0 atom stereocenters. The zero-order chi connectivity index (χ0) is 19.4. The largest absolute Gasteiger partial charge is 0.465 e. The van der Waals surface area contributed by atoms with Crippen LogP contribution in [0.3, 0.4) is 0 Å². The third kappa shape index (κ3) is 4.16. The van der Waals surface area contributed by atoms with Gasteiger partial charge in [0.2, 0.25) is 0 Å². The Bertz CT molecular complexity index is 963. The van der Waals surface area contributed by atoms with Crippen LogP contribution in [0, 0.1) is 13.8 Å². The zero-order valence-electron chi connectivity index (χ0n) is 15.8. The molecular formula is C21H23N3O3. The van der Waals surface area contributed by atoms with Crippen LogP contribution < -0.4 is 0 Å². The van der Waals surface area contributed by atoms with Gasteiger partial charge in [-0.05, 0) is 44.0 Å². The molecule has 2 heterocycles. The number of esters is 1. The molecule has 1 amide bonds. The number of aromatic nitrogens is 2. The fraction of sp³-hybridized carbons (Fsp3) is 0.286. The molecule has 1 aromatic carbocycles. The summed E-state index contributed by atoms with van der Waals surface area (Å²) >= 11 is 0. The van der Waals surface area contributed by atoms with Crippen molar-refractivity contribution >= 4 is 17.5 Å². The number of nitrogens with zero attached hydrogens (tertiary/aromatic N) is 3. The predicted octanol–water partition coefficient (Wildman–Crippen LogP) is 3.16. The third-order valence-corrected chi connectivity index (χ3v) is 4.29. The monoisotopic (exact) mass is 365 g/mol. The van der Waals surface area contributed by atoms with Gasteiger partial charge >= 0.3 is 5.97 Å². The maximum absolute atomic E-state index is 13.3. The highest BCUT2D eigenvalue weighted by Crippen LogP contribution is 2.17. The molecule has 0 unspecified atom stereocenters. The normalized spacial score (nSPS) is 10.8. The summed E-state index contributed by atoms with van der Waals surface area (Å²) in [5, 5.41) is 0. The van der Waals surface area contributed by atoms with Crippen molar-refractivity contribution in [3.05, 3.63) is 71.2 Å². The Hall–Kier alpha value is -3.15. The summed E-state index contributed by atoms with van der Waals surface area (Å²) in [5.74, 6) is -0.676. The molecule has 0 fully saturated rings. The van der Waals surface area contributed by atoms with Crippen molar-refractivity contribution in [2.24, 2.45) is 0 Å². The highest BCUT2D eigenvalue weighted by atomic mass is 16.5. The maximum atomic E-state index is 13.3. The summed E-state index contributed by atoms with van der Waals surface area (Å²) in [6.07, 6.45) is 1.84. The second kappa shape index (κ2) is 8.03. The van der Waals surface area contributed by atoms with Crippen LogP contribution in [0.4, 0.5) is 0 Å². The summed E-state index contributed by atoms with van der Waals surface area (Å²) < 4.78 is 6.83. The average molecular weight is 365 g/mol. The van der Waals surface area contributed by atoms with Gasteiger partial charge in [0, 0.05) is 12.7 Å². The van der Waals surface area contributed by atoms with E-state index in [9.17, 15) is 9.59 Å². The van der Waals surface area contributed by atoms with Gasteiger partial charge in [0.1, 0.15) is 17.9 Å². The van der Waals surface area contributed by atoms with E-state index in [1.165, 1.54) is 4.90 Å². The molecule has 0 radical (unpaired) electrons. The summed E-state index contributed by atoms with van der Waals surface area (Å²) in [6, 6.07) is 13.4. The van der Waals surface area contributed by atoms with Crippen molar-refractivity contribution in [2.45, 2.75) is 27.3 Å². The van der Waals surface area contributed by atoms with Crippen molar-refractivity contribution in [3.63, 3.8) is 0 Å². The molecule has 6 heteroatoms. The number of carbonyl (C=O) groups is 2. The SMILES string of the molecule is CCOC(=O)CN(Cc1ccccc1)C(=O)c1c(C)nc2cc(C)ccn12. The quantitative estimate of drug-likeness (QED) is 0.630. The molecule has 27 heavy (non-hydrogen) atoms. The average Bonchev–Trinajstić information content (AvgIpc) is 2.96. The number of imidazole rings is 1. The Kier molecular flexibility index (Phi) is 5.54. The molecule has 0 N–H and O–H groups in total. The predicted molar refractivity (Wildman–Crippen MR) is 102 cm³/mol. The van der Waals surface area contributed by atoms with E-state index in [1.807, 2.05) is 55.6 Å². The smallest absolute Gasteiger partial charge is 0.325 e. The fourth-order valence-corrected chi connectivity index (χ4v) is 3.04. The molecule has 0 aliphatic heterocycles. The molecule has 3 aromatic rings. The topological polar surface area (TPSA) is 63.9 Å². The Morgan fingerprint density at radius 3 is 2.59 bits per heavy atom. The van der Waals surface area contributed by atoms with Gasteiger partial charge in [-0.25, -0.2) is 4.98 Å². The first-order valence-corrected chi connectivity index (χ1v) is 8.93. The number of carbonyl (C=O) groups excluding carboxylic acids is 2.